The molecule has 0 spiro atoms. The van der Waals surface area contributed by atoms with Gasteiger partial charge in [0.2, 0.25) is 11.8 Å². The Kier molecular flexibility index (Phi) is 5.45. The van der Waals surface area contributed by atoms with Crippen LogP contribution in [0, 0.1) is 0 Å². The number of carbonyl (C=O) groups is 2. The van der Waals surface area contributed by atoms with Gasteiger partial charge < -0.3 is 20.1 Å². The average molecular weight is 319 g/mol. The molecule has 2 amide bonds. The molecule has 2 aromatic heterocycles. The molecule has 0 aliphatic carbocycles. The first-order valence-corrected chi connectivity index (χ1v) is 7.40. The third-order valence-corrected chi connectivity index (χ3v) is 3.40. The smallest absolute Gasteiger partial charge is 0.242 e. The van der Waals surface area contributed by atoms with Crippen LogP contribution < -0.4 is 10.2 Å². The van der Waals surface area contributed by atoms with Crippen molar-refractivity contribution in [1.29, 1.82) is 0 Å². The number of fused-ring (bicyclic) bond motifs is 1. The lowest BCUT2D eigenvalue weighted by Crippen LogP contribution is -2.44. The van der Waals surface area contributed by atoms with E-state index in [2.05, 4.69) is 25.3 Å². The Morgan fingerprint density at radius 1 is 1.26 bits per heavy atom. The number of rotatable bonds is 7. The molecule has 0 bridgehead atoms. The highest BCUT2D eigenvalue weighted by atomic mass is 16.2. The largest absolute Gasteiger partial charge is 0.358 e. The van der Waals surface area contributed by atoms with Crippen molar-refractivity contribution >= 4 is 28.8 Å². The monoisotopic (exact) mass is 319 g/mol. The molecule has 0 saturated heterocycles. The number of nitrogens with one attached hydrogen (secondary N) is 2. The molecular formula is C14H21N7O2. The van der Waals surface area contributed by atoms with Gasteiger partial charge in [-0.15, -0.1) is 0 Å². The van der Waals surface area contributed by atoms with Crippen LogP contribution in [0.5, 0.6) is 0 Å². The Balaban J connectivity index is 2.11. The molecule has 2 aromatic rings. The fraction of sp³-hybridized carbons (Fsp3) is 0.500. The summed E-state index contributed by atoms with van der Waals surface area (Å²) in [6.07, 6.45) is 3.73. The molecule has 0 fully saturated rings. The second-order valence-electron chi connectivity index (χ2n) is 5.14. The quantitative estimate of drug-likeness (QED) is 0.730. The van der Waals surface area contributed by atoms with Crippen LogP contribution in [0.1, 0.15) is 13.3 Å². The first-order chi connectivity index (χ1) is 11.1. The van der Waals surface area contributed by atoms with Gasteiger partial charge in [-0.05, 0) is 6.42 Å². The molecule has 0 aliphatic rings. The lowest BCUT2D eigenvalue weighted by Gasteiger charge is -2.25. The van der Waals surface area contributed by atoms with Crippen LogP contribution in [-0.4, -0.2) is 70.4 Å². The van der Waals surface area contributed by atoms with Crippen LogP contribution in [0.2, 0.25) is 0 Å². The number of hydrogen-bond donors (Lipinski definition) is 2. The molecule has 23 heavy (non-hydrogen) atoms. The second kappa shape index (κ2) is 7.52. The van der Waals surface area contributed by atoms with Gasteiger partial charge in [0.25, 0.3) is 0 Å². The van der Waals surface area contributed by atoms with Crippen LogP contribution in [0.4, 0.5) is 5.82 Å². The number of carbonyl (C=O) groups excluding carboxylic acids is 2. The third kappa shape index (κ3) is 3.93. The van der Waals surface area contributed by atoms with E-state index in [0.29, 0.717) is 23.5 Å². The minimum atomic E-state index is -0.188. The van der Waals surface area contributed by atoms with Crippen molar-refractivity contribution in [1.82, 2.24) is 30.2 Å². The fourth-order valence-electron chi connectivity index (χ4n) is 2.23. The van der Waals surface area contributed by atoms with E-state index in [4.69, 9.17) is 0 Å². The maximum atomic E-state index is 12.5. The summed E-state index contributed by atoms with van der Waals surface area (Å²) in [6.45, 7) is 2.66. The first kappa shape index (κ1) is 16.7. The van der Waals surface area contributed by atoms with Gasteiger partial charge in [0, 0.05) is 20.6 Å². The van der Waals surface area contributed by atoms with Gasteiger partial charge in [0.15, 0.2) is 11.5 Å². The van der Waals surface area contributed by atoms with Crippen molar-refractivity contribution in [2.24, 2.45) is 0 Å². The van der Waals surface area contributed by atoms with E-state index in [1.807, 2.05) is 6.92 Å². The Hall–Kier alpha value is -2.71. The van der Waals surface area contributed by atoms with E-state index in [-0.39, 0.29) is 24.9 Å². The van der Waals surface area contributed by atoms with Crippen molar-refractivity contribution in [3.05, 3.63) is 12.7 Å². The highest BCUT2D eigenvalue weighted by Crippen LogP contribution is 2.18. The number of aromatic nitrogens is 4. The Morgan fingerprint density at radius 2 is 2.04 bits per heavy atom. The summed E-state index contributed by atoms with van der Waals surface area (Å²) in [6, 6.07) is 0. The van der Waals surface area contributed by atoms with Gasteiger partial charge in [-0.1, -0.05) is 6.92 Å². The summed E-state index contributed by atoms with van der Waals surface area (Å²) in [5.74, 6) is 0.272. The summed E-state index contributed by atoms with van der Waals surface area (Å²) in [7, 11) is 3.32. The maximum absolute atomic E-state index is 12.5. The predicted molar refractivity (Wildman–Crippen MR) is 85.9 cm³/mol. The number of aromatic amines is 1. The van der Waals surface area contributed by atoms with Crippen LogP contribution in [0.3, 0.4) is 0 Å². The van der Waals surface area contributed by atoms with Gasteiger partial charge >= 0.3 is 0 Å². The zero-order chi connectivity index (χ0) is 16.8. The van der Waals surface area contributed by atoms with Crippen LogP contribution in [0.15, 0.2) is 12.7 Å². The lowest BCUT2D eigenvalue weighted by atomic mass is 10.3. The summed E-state index contributed by atoms with van der Waals surface area (Å²) in [4.78, 5) is 42.6. The predicted octanol–water partition coefficient (Wildman–Crippen LogP) is -0.226. The van der Waals surface area contributed by atoms with Crippen molar-refractivity contribution in [2.45, 2.75) is 13.3 Å². The highest BCUT2D eigenvalue weighted by molar-refractivity contribution is 5.89. The van der Waals surface area contributed by atoms with E-state index < -0.39 is 0 Å². The maximum Gasteiger partial charge on any atom is 0.242 e. The molecule has 2 heterocycles. The number of hydrogen-bond acceptors (Lipinski definition) is 6. The van der Waals surface area contributed by atoms with Crippen LogP contribution >= 0.6 is 0 Å². The SMILES string of the molecule is CCCN(CC(=O)NC)C(=O)CN(C)c1ncnc2nc[nH]c12. The Bertz CT molecular complexity index is 685. The summed E-state index contributed by atoms with van der Waals surface area (Å²) in [5, 5.41) is 2.53. The minimum Gasteiger partial charge on any atom is -0.358 e. The molecular weight excluding hydrogens is 298 g/mol. The normalized spacial score (nSPS) is 10.6. The molecule has 0 atom stereocenters. The molecule has 0 unspecified atom stereocenters. The topological polar surface area (TPSA) is 107 Å². The van der Waals surface area contributed by atoms with Gasteiger partial charge in [-0.2, -0.15) is 0 Å². The first-order valence-electron chi connectivity index (χ1n) is 7.40. The van der Waals surface area contributed by atoms with E-state index in [9.17, 15) is 9.59 Å². The molecule has 2 rings (SSSR count). The molecule has 9 nitrogen and oxygen atoms in total. The molecule has 124 valence electrons. The minimum absolute atomic E-state index is 0.0558. The third-order valence-electron chi connectivity index (χ3n) is 3.40. The van der Waals surface area contributed by atoms with E-state index in [0.717, 1.165) is 6.42 Å². The molecule has 0 aliphatic heterocycles. The molecule has 0 radical (unpaired) electrons. The van der Waals surface area contributed by atoms with Crippen molar-refractivity contribution in [3.63, 3.8) is 0 Å². The van der Waals surface area contributed by atoms with Crippen molar-refractivity contribution in [2.75, 3.05) is 38.6 Å². The molecule has 0 saturated carbocycles. The second-order valence-corrected chi connectivity index (χ2v) is 5.14. The summed E-state index contributed by atoms with van der Waals surface area (Å²) < 4.78 is 0. The standard InChI is InChI=1S/C14H21N7O2/c1-4-5-21(6-10(22)15-2)11(23)7-20(3)14-12-13(17-8-16-12)18-9-19-14/h8-9H,4-7H2,1-3H3,(H,15,22)(H,16,17,18,19). The van der Waals surface area contributed by atoms with Crippen molar-refractivity contribution < 1.29 is 9.59 Å². The van der Waals surface area contributed by atoms with Crippen LogP contribution in [0.25, 0.3) is 11.2 Å². The number of imidazole rings is 1. The Morgan fingerprint density at radius 3 is 2.74 bits per heavy atom. The molecule has 0 aromatic carbocycles. The zero-order valence-corrected chi connectivity index (χ0v) is 13.5. The molecule has 9 heteroatoms. The zero-order valence-electron chi connectivity index (χ0n) is 13.5. The van der Waals surface area contributed by atoms with Gasteiger partial charge in [-0.25, -0.2) is 15.0 Å². The van der Waals surface area contributed by atoms with Gasteiger partial charge in [-0.3, -0.25) is 9.59 Å². The number of H-pyrrole nitrogens is 1. The van der Waals surface area contributed by atoms with E-state index >= 15 is 0 Å². The van der Waals surface area contributed by atoms with Crippen LogP contribution in [-0.2, 0) is 9.59 Å². The van der Waals surface area contributed by atoms with Gasteiger partial charge in [0.05, 0.1) is 19.4 Å². The number of likely N-dealkylation sites (N-methyl/N-ethyl adjacent to an activating group) is 2. The lowest BCUT2D eigenvalue weighted by molar-refractivity contribution is -0.134. The van der Waals surface area contributed by atoms with Crippen molar-refractivity contribution in [3.8, 4) is 0 Å². The number of anilines is 1. The Labute approximate surface area is 134 Å². The highest BCUT2D eigenvalue weighted by Gasteiger charge is 2.19. The number of nitrogens with zero attached hydrogens (tertiary/aromatic N) is 5. The van der Waals surface area contributed by atoms with Gasteiger partial charge in [0.1, 0.15) is 11.8 Å². The fourth-order valence-corrected chi connectivity index (χ4v) is 2.23. The van der Waals surface area contributed by atoms with E-state index in [1.54, 1.807) is 23.9 Å². The molecule has 2 N–H and O–H groups in total. The summed E-state index contributed by atoms with van der Waals surface area (Å²) >= 11 is 0. The summed E-state index contributed by atoms with van der Waals surface area (Å²) in [5.41, 5.74) is 1.22. The number of amides is 2. The van der Waals surface area contributed by atoms with E-state index in [1.165, 1.54) is 12.7 Å². The average Bonchev–Trinajstić information content (AvgIpc) is 3.02.